The van der Waals surface area contributed by atoms with Crippen molar-refractivity contribution < 1.29 is 19.4 Å². The van der Waals surface area contributed by atoms with Crippen molar-refractivity contribution in [3.8, 4) is 0 Å². The number of carboxylic acids is 1. The summed E-state index contributed by atoms with van der Waals surface area (Å²) in [6, 6.07) is 4.73. The van der Waals surface area contributed by atoms with Crippen LogP contribution in [0.5, 0.6) is 0 Å². The summed E-state index contributed by atoms with van der Waals surface area (Å²) in [4.78, 5) is 10.4. The molecule has 0 unspecified atom stereocenters. The molecule has 1 aromatic carbocycles. The van der Waals surface area contributed by atoms with Gasteiger partial charge in [0.25, 0.3) is 0 Å². The fourth-order valence-electron chi connectivity index (χ4n) is 1.23. The molecule has 0 aliphatic rings. The maximum Gasteiger partial charge on any atom is 0.334 e. The molecule has 0 aliphatic carbocycles. The zero-order valence-electron chi connectivity index (χ0n) is 7.93. The van der Waals surface area contributed by atoms with Gasteiger partial charge in [-0.1, -0.05) is 12.1 Å². The topological polar surface area (TPSA) is 83.5 Å². The van der Waals surface area contributed by atoms with Crippen molar-refractivity contribution >= 4 is 5.97 Å². The fraction of sp³-hybridized carbons (Fsp3) is 0.300. The Morgan fingerprint density at radius 1 is 1.53 bits per heavy atom. The van der Waals surface area contributed by atoms with Crippen molar-refractivity contribution in [2.45, 2.75) is 18.6 Å². The number of aliphatic hydroxyl groups excluding tert-OH is 1. The van der Waals surface area contributed by atoms with E-state index in [4.69, 9.17) is 15.9 Å². The Bertz CT molecular complexity index is 356. The smallest absolute Gasteiger partial charge is 0.334 e. The van der Waals surface area contributed by atoms with Gasteiger partial charge in [-0.3, -0.25) is 0 Å². The molecule has 1 aromatic rings. The number of aliphatic carboxylic acids is 1. The van der Waals surface area contributed by atoms with Gasteiger partial charge in [-0.05, 0) is 24.1 Å². The van der Waals surface area contributed by atoms with Crippen molar-refractivity contribution in [2.75, 3.05) is 0 Å². The maximum absolute atomic E-state index is 12.8. The average molecular weight is 213 g/mol. The highest BCUT2D eigenvalue weighted by Gasteiger charge is 2.22. The maximum atomic E-state index is 12.8. The highest BCUT2D eigenvalue weighted by atomic mass is 19.1. The Hall–Kier alpha value is -1.46. The van der Waals surface area contributed by atoms with E-state index >= 15 is 0 Å². The fourth-order valence-corrected chi connectivity index (χ4v) is 1.23. The molecule has 0 spiro atoms. The molecule has 0 aliphatic heterocycles. The van der Waals surface area contributed by atoms with Crippen LogP contribution < -0.4 is 5.73 Å². The predicted molar refractivity (Wildman–Crippen MR) is 51.7 cm³/mol. The number of aliphatic hydroxyl groups is 1. The van der Waals surface area contributed by atoms with E-state index in [1.54, 1.807) is 6.07 Å². The number of rotatable bonds is 4. The second-order valence-corrected chi connectivity index (χ2v) is 3.28. The van der Waals surface area contributed by atoms with Crippen molar-refractivity contribution in [1.29, 1.82) is 0 Å². The third kappa shape index (κ3) is 3.30. The number of hydrogen-bond acceptors (Lipinski definition) is 3. The highest BCUT2D eigenvalue weighted by Crippen LogP contribution is 2.07. The molecule has 4 nitrogen and oxygen atoms in total. The zero-order valence-corrected chi connectivity index (χ0v) is 7.93. The first-order valence-electron chi connectivity index (χ1n) is 4.41. The van der Waals surface area contributed by atoms with Gasteiger partial charge in [0.1, 0.15) is 5.82 Å². The largest absolute Gasteiger partial charge is 0.479 e. The minimum atomic E-state index is -1.63. The Balaban J connectivity index is 2.66. The first-order valence-corrected chi connectivity index (χ1v) is 4.41. The summed E-state index contributed by atoms with van der Waals surface area (Å²) in [5.41, 5.74) is 6.01. The lowest BCUT2D eigenvalue weighted by Crippen LogP contribution is -2.41. The van der Waals surface area contributed by atoms with E-state index in [1.807, 2.05) is 0 Å². The molecule has 15 heavy (non-hydrogen) atoms. The van der Waals surface area contributed by atoms with E-state index in [0.29, 0.717) is 5.56 Å². The quantitative estimate of drug-likeness (QED) is 0.664. The van der Waals surface area contributed by atoms with E-state index in [-0.39, 0.29) is 6.42 Å². The van der Waals surface area contributed by atoms with Crippen molar-refractivity contribution in [1.82, 2.24) is 0 Å². The van der Waals surface area contributed by atoms with Crippen LogP contribution in [-0.2, 0) is 11.2 Å². The number of nitrogens with two attached hydrogens (primary N) is 1. The van der Waals surface area contributed by atoms with E-state index < -0.39 is 23.9 Å². The predicted octanol–water partition coefficient (Wildman–Crippen LogP) is 0.141. The van der Waals surface area contributed by atoms with Crippen LogP contribution in [0.15, 0.2) is 24.3 Å². The molecule has 0 amide bonds. The van der Waals surface area contributed by atoms with Crippen LogP contribution in [0.4, 0.5) is 4.39 Å². The van der Waals surface area contributed by atoms with Crippen LogP contribution >= 0.6 is 0 Å². The average Bonchev–Trinajstić information content (AvgIpc) is 2.16. The number of halogens is 1. The first-order chi connectivity index (χ1) is 7.00. The lowest BCUT2D eigenvalue weighted by atomic mass is 10.0. The van der Waals surface area contributed by atoms with Gasteiger partial charge < -0.3 is 15.9 Å². The van der Waals surface area contributed by atoms with Crippen molar-refractivity contribution in [3.05, 3.63) is 35.6 Å². The van der Waals surface area contributed by atoms with Crippen LogP contribution in [0, 0.1) is 5.82 Å². The first kappa shape index (κ1) is 11.6. The Morgan fingerprint density at radius 3 is 2.73 bits per heavy atom. The van der Waals surface area contributed by atoms with Crippen LogP contribution in [0.3, 0.4) is 0 Å². The Kier molecular flexibility index (Phi) is 3.76. The third-order valence-corrected chi connectivity index (χ3v) is 2.02. The molecule has 0 aromatic heterocycles. The molecule has 2 atom stereocenters. The van der Waals surface area contributed by atoms with Gasteiger partial charge in [0.15, 0.2) is 6.10 Å². The lowest BCUT2D eigenvalue weighted by molar-refractivity contribution is -0.147. The van der Waals surface area contributed by atoms with Crippen molar-refractivity contribution in [2.24, 2.45) is 5.73 Å². The van der Waals surface area contributed by atoms with Crippen LogP contribution in [0.25, 0.3) is 0 Å². The van der Waals surface area contributed by atoms with Gasteiger partial charge in [0.05, 0.1) is 0 Å². The summed E-state index contributed by atoms with van der Waals surface area (Å²) in [5.74, 6) is -1.79. The molecule has 4 N–H and O–H groups in total. The van der Waals surface area contributed by atoms with Crippen LogP contribution in [-0.4, -0.2) is 28.3 Å². The minimum absolute atomic E-state index is 0.116. The van der Waals surface area contributed by atoms with E-state index in [0.717, 1.165) is 0 Å². The monoisotopic (exact) mass is 213 g/mol. The van der Waals surface area contributed by atoms with Gasteiger partial charge in [-0.15, -0.1) is 0 Å². The molecular weight excluding hydrogens is 201 g/mol. The van der Waals surface area contributed by atoms with E-state index in [2.05, 4.69) is 0 Å². The Labute approximate surface area is 86.1 Å². The van der Waals surface area contributed by atoms with Crippen LogP contribution in [0.1, 0.15) is 5.56 Å². The molecule has 0 heterocycles. The second-order valence-electron chi connectivity index (χ2n) is 3.28. The molecule has 5 heteroatoms. The third-order valence-electron chi connectivity index (χ3n) is 2.02. The van der Waals surface area contributed by atoms with Gasteiger partial charge in [-0.2, -0.15) is 0 Å². The number of carboxylic acid groups (broad SMARTS) is 1. The minimum Gasteiger partial charge on any atom is -0.479 e. The van der Waals surface area contributed by atoms with Crippen LogP contribution in [0.2, 0.25) is 0 Å². The molecule has 0 saturated carbocycles. The molecular formula is C10H12FNO3. The normalized spacial score (nSPS) is 14.6. The standard InChI is InChI=1S/C10H12FNO3/c11-7-3-1-2-6(4-7)5-8(12)9(13)10(14)15/h1-4,8-9,13H,5,12H2,(H,14,15)/t8-,9-/m0/s1. The summed E-state index contributed by atoms with van der Waals surface area (Å²) in [6.07, 6.45) is -1.51. The van der Waals surface area contributed by atoms with Gasteiger partial charge in [0, 0.05) is 6.04 Å². The number of carbonyl (C=O) groups is 1. The lowest BCUT2D eigenvalue weighted by Gasteiger charge is -2.14. The SMILES string of the molecule is N[C@@H](Cc1cccc(F)c1)[C@H](O)C(=O)O. The van der Waals surface area contributed by atoms with Gasteiger partial charge >= 0.3 is 5.97 Å². The Morgan fingerprint density at radius 2 is 2.20 bits per heavy atom. The molecule has 82 valence electrons. The summed E-state index contributed by atoms with van der Waals surface area (Å²) < 4.78 is 12.8. The highest BCUT2D eigenvalue weighted by molar-refractivity contribution is 5.72. The van der Waals surface area contributed by atoms with Gasteiger partial charge in [0.2, 0.25) is 0 Å². The summed E-state index contributed by atoms with van der Waals surface area (Å²) in [5, 5.41) is 17.6. The molecule has 1 rings (SSSR count). The molecule has 0 radical (unpaired) electrons. The molecule has 0 fully saturated rings. The molecule has 0 saturated heterocycles. The van der Waals surface area contributed by atoms with E-state index in [9.17, 15) is 9.18 Å². The second kappa shape index (κ2) is 4.86. The summed E-state index contributed by atoms with van der Waals surface area (Å²) >= 11 is 0. The number of hydrogen-bond donors (Lipinski definition) is 3. The number of benzene rings is 1. The summed E-state index contributed by atoms with van der Waals surface area (Å²) in [6.45, 7) is 0. The molecule has 0 bridgehead atoms. The summed E-state index contributed by atoms with van der Waals surface area (Å²) in [7, 11) is 0. The van der Waals surface area contributed by atoms with E-state index in [1.165, 1.54) is 18.2 Å². The zero-order chi connectivity index (χ0) is 11.4. The van der Waals surface area contributed by atoms with Gasteiger partial charge in [-0.25, -0.2) is 9.18 Å². The van der Waals surface area contributed by atoms with Crippen molar-refractivity contribution in [3.63, 3.8) is 0 Å².